The molecule has 0 aliphatic rings. The molecule has 0 saturated heterocycles. The predicted octanol–water partition coefficient (Wildman–Crippen LogP) is 3.81. The summed E-state index contributed by atoms with van der Waals surface area (Å²) in [5.74, 6) is 1.27. The van der Waals surface area contributed by atoms with Crippen LogP contribution in [-0.2, 0) is 0 Å². The van der Waals surface area contributed by atoms with Gasteiger partial charge in [-0.2, -0.15) is 9.50 Å². The molecular formula is C20H16ClN3O2S. The fraction of sp³-hybridized carbons (Fsp3) is 0.150. The zero-order valence-electron chi connectivity index (χ0n) is 14.6. The number of halogens is 1. The van der Waals surface area contributed by atoms with Crippen LogP contribution in [0, 0.1) is 0 Å². The van der Waals surface area contributed by atoms with Gasteiger partial charge in [-0.25, -0.2) is 0 Å². The lowest BCUT2D eigenvalue weighted by Gasteiger charge is -2.07. The Morgan fingerprint density at radius 2 is 1.96 bits per heavy atom. The Morgan fingerprint density at radius 3 is 2.70 bits per heavy atom. The summed E-state index contributed by atoms with van der Waals surface area (Å²) < 4.78 is 7.68. The summed E-state index contributed by atoms with van der Waals surface area (Å²) >= 11 is 7.23. The summed E-state index contributed by atoms with van der Waals surface area (Å²) in [5.41, 5.74) is 1.50. The van der Waals surface area contributed by atoms with Gasteiger partial charge in [-0.15, -0.1) is 5.10 Å². The molecule has 0 unspecified atom stereocenters. The molecular weight excluding hydrogens is 382 g/mol. The SMILES string of the molecule is CCCOc1ccccc1/C=c1\sc2nc(-c3ccc(Cl)cc3)nn2c1=O. The van der Waals surface area contributed by atoms with E-state index < -0.39 is 0 Å². The van der Waals surface area contributed by atoms with E-state index in [9.17, 15) is 4.79 Å². The maximum absolute atomic E-state index is 12.7. The number of hydrogen-bond acceptors (Lipinski definition) is 5. The third kappa shape index (κ3) is 3.59. The van der Waals surface area contributed by atoms with Crippen molar-refractivity contribution in [3.63, 3.8) is 0 Å². The van der Waals surface area contributed by atoms with Crippen molar-refractivity contribution in [1.82, 2.24) is 14.6 Å². The van der Waals surface area contributed by atoms with E-state index in [2.05, 4.69) is 17.0 Å². The molecule has 7 heteroatoms. The highest BCUT2D eigenvalue weighted by molar-refractivity contribution is 7.15. The third-order valence-electron chi connectivity index (χ3n) is 3.95. The van der Waals surface area contributed by atoms with Crippen molar-refractivity contribution in [3.8, 4) is 17.1 Å². The maximum atomic E-state index is 12.7. The fourth-order valence-corrected chi connectivity index (χ4v) is 3.66. The number of ether oxygens (including phenoxy) is 1. The highest BCUT2D eigenvalue weighted by atomic mass is 35.5. The first-order chi connectivity index (χ1) is 13.2. The maximum Gasteiger partial charge on any atom is 0.291 e. The minimum atomic E-state index is -0.187. The molecule has 27 heavy (non-hydrogen) atoms. The Hall–Kier alpha value is -2.70. The quantitative estimate of drug-likeness (QED) is 0.514. The van der Waals surface area contributed by atoms with Crippen molar-refractivity contribution in [2.24, 2.45) is 0 Å². The minimum Gasteiger partial charge on any atom is -0.493 e. The van der Waals surface area contributed by atoms with E-state index in [4.69, 9.17) is 16.3 Å². The van der Waals surface area contributed by atoms with Crippen LogP contribution in [0.5, 0.6) is 5.75 Å². The molecule has 2 aromatic heterocycles. The first-order valence-corrected chi connectivity index (χ1v) is 9.74. The summed E-state index contributed by atoms with van der Waals surface area (Å²) in [6.45, 7) is 2.69. The van der Waals surface area contributed by atoms with Crippen LogP contribution in [0.15, 0.2) is 53.3 Å². The topological polar surface area (TPSA) is 56.5 Å². The zero-order valence-corrected chi connectivity index (χ0v) is 16.1. The fourth-order valence-electron chi connectivity index (χ4n) is 2.64. The van der Waals surface area contributed by atoms with Gasteiger partial charge < -0.3 is 4.74 Å². The Balaban J connectivity index is 1.75. The Kier molecular flexibility index (Phi) is 4.92. The molecule has 0 saturated carbocycles. The number of rotatable bonds is 5. The number of hydrogen-bond donors (Lipinski definition) is 0. The lowest BCUT2D eigenvalue weighted by molar-refractivity contribution is 0.317. The second-order valence-electron chi connectivity index (χ2n) is 5.94. The molecule has 5 nitrogen and oxygen atoms in total. The highest BCUT2D eigenvalue weighted by Gasteiger charge is 2.12. The van der Waals surface area contributed by atoms with Crippen molar-refractivity contribution in [2.45, 2.75) is 13.3 Å². The van der Waals surface area contributed by atoms with Gasteiger partial charge in [0, 0.05) is 16.1 Å². The van der Waals surface area contributed by atoms with Crippen LogP contribution in [0.3, 0.4) is 0 Å². The van der Waals surface area contributed by atoms with Gasteiger partial charge >= 0.3 is 0 Å². The zero-order chi connectivity index (χ0) is 18.8. The van der Waals surface area contributed by atoms with E-state index in [0.29, 0.717) is 26.9 Å². The number of aromatic nitrogens is 3. The Morgan fingerprint density at radius 1 is 1.19 bits per heavy atom. The molecule has 0 bridgehead atoms. The average molecular weight is 398 g/mol. The van der Waals surface area contributed by atoms with E-state index in [0.717, 1.165) is 23.3 Å². The second kappa shape index (κ2) is 7.50. The van der Waals surface area contributed by atoms with E-state index in [1.54, 1.807) is 12.1 Å². The molecule has 4 aromatic rings. The largest absolute Gasteiger partial charge is 0.493 e. The van der Waals surface area contributed by atoms with Crippen molar-refractivity contribution in [1.29, 1.82) is 0 Å². The van der Waals surface area contributed by atoms with Gasteiger partial charge in [0.05, 0.1) is 11.1 Å². The van der Waals surface area contributed by atoms with E-state index in [-0.39, 0.29) is 5.56 Å². The predicted molar refractivity (Wildman–Crippen MR) is 109 cm³/mol. The Labute approximate surface area is 164 Å². The van der Waals surface area contributed by atoms with Crippen molar-refractivity contribution in [2.75, 3.05) is 6.61 Å². The van der Waals surface area contributed by atoms with Gasteiger partial charge in [-0.3, -0.25) is 4.79 Å². The van der Waals surface area contributed by atoms with Gasteiger partial charge in [0.25, 0.3) is 5.56 Å². The molecule has 0 spiro atoms. The molecule has 0 radical (unpaired) electrons. The number of para-hydroxylation sites is 1. The van der Waals surface area contributed by atoms with Gasteiger partial charge in [-0.1, -0.05) is 48.1 Å². The molecule has 0 atom stereocenters. The molecule has 0 N–H and O–H groups in total. The van der Waals surface area contributed by atoms with Crippen molar-refractivity contribution < 1.29 is 4.74 Å². The molecule has 0 amide bonds. The minimum absolute atomic E-state index is 0.187. The van der Waals surface area contributed by atoms with Gasteiger partial charge in [0.1, 0.15) is 5.75 Å². The third-order valence-corrected chi connectivity index (χ3v) is 5.16. The van der Waals surface area contributed by atoms with E-state index >= 15 is 0 Å². The molecule has 0 aliphatic heterocycles. The number of thiazole rings is 1. The van der Waals surface area contributed by atoms with Crippen molar-refractivity contribution in [3.05, 3.63) is 74.0 Å². The second-order valence-corrected chi connectivity index (χ2v) is 7.38. The lowest BCUT2D eigenvalue weighted by atomic mass is 10.2. The Bertz CT molecular complexity index is 1200. The average Bonchev–Trinajstić information content (AvgIpc) is 3.21. The van der Waals surface area contributed by atoms with Crippen LogP contribution >= 0.6 is 22.9 Å². The molecule has 2 heterocycles. The standard InChI is InChI=1S/C20H16ClN3O2S/c1-2-11-26-16-6-4-3-5-14(16)12-17-19(25)24-20(27-17)22-18(23-24)13-7-9-15(21)10-8-13/h3-10,12H,2,11H2,1H3/b17-12-. The molecule has 0 aliphatic carbocycles. The number of benzene rings is 2. The molecule has 136 valence electrons. The monoisotopic (exact) mass is 397 g/mol. The van der Waals surface area contributed by atoms with Crippen LogP contribution in [0.1, 0.15) is 18.9 Å². The smallest absolute Gasteiger partial charge is 0.291 e. The molecule has 0 fully saturated rings. The van der Waals surface area contributed by atoms with Crippen LogP contribution < -0.4 is 14.8 Å². The van der Waals surface area contributed by atoms with Crippen LogP contribution in [0.4, 0.5) is 0 Å². The molecule has 2 aromatic carbocycles. The van der Waals surface area contributed by atoms with Crippen LogP contribution in [0.2, 0.25) is 5.02 Å². The summed E-state index contributed by atoms with van der Waals surface area (Å²) in [7, 11) is 0. The first-order valence-electron chi connectivity index (χ1n) is 8.55. The highest BCUT2D eigenvalue weighted by Crippen LogP contribution is 2.20. The summed E-state index contributed by atoms with van der Waals surface area (Å²) in [4.78, 5) is 17.8. The van der Waals surface area contributed by atoms with Gasteiger partial charge in [-0.05, 0) is 42.8 Å². The summed E-state index contributed by atoms with van der Waals surface area (Å²) in [6.07, 6.45) is 2.75. The van der Waals surface area contributed by atoms with E-state index in [1.807, 2.05) is 42.5 Å². The number of fused-ring (bicyclic) bond motifs is 1. The molecule has 4 rings (SSSR count). The van der Waals surface area contributed by atoms with Gasteiger partial charge in [0.15, 0.2) is 5.82 Å². The summed E-state index contributed by atoms with van der Waals surface area (Å²) in [6, 6.07) is 14.9. The summed E-state index contributed by atoms with van der Waals surface area (Å²) in [5, 5.41) is 5.00. The first kappa shape index (κ1) is 17.7. The normalized spacial score (nSPS) is 12.0. The van der Waals surface area contributed by atoms with Crippen molar-refractivity contribution >= 4 is 34.0 Å². The van der Waals surface area contributed by atoms with E-state index in [1.165, 1.54) is 15.9 Å². The van der Waals surface area contributed by atoms with Crippen LogP contribution in [0.25, 0.3) is 22.4 Å². The van der Waals surface area contributed by atoms with Crippen LogP contribution in [-0.4, -0.2) is 21.2 Å². The number of nitrogens with zero attached hydrogens (tertiary/aromatic N) is 3. The van der Waals surface area contributed by atoms with Gasteiger partial charge in [0.2, 0.25) is 4.96 Å². The lowest BCUT2D eigenvalue weighted by Crippen LogP contribution is -2.23.